The van der Waals surface area contributed by atoms with Crippen molar-refractivity contribution in [1.82, 2.24) is 4.98 Å². The lowest BCUT2D eigenvalue weighted by Gasteiger charge is -2.18. The molecular formula is C10H15NO. The Morgan fingerprint density at radius 2 is 1.83 bits per heavy atom. The van der Waals surface area contributed by atoms with Crippen LogP contribution in [-0.2, 0) is 0 Å². The Bertz CT molecular complexity index is 225. The van der Waals surface area contributed by atoms with E-state index in [-0.39, 0.29) is 5.41 Å². The van der Waals surface area contributed by atoms with Gasteiger partial charge in [0.2, 0.25) is 0 Å². The fourth-order valence-corrected chi connectivity index (χ4v) is 0.734. The van der Waals surface area contributed by atoms with Gasteiger partial charge in [0.05, 0.1) is 6.61 Å². The molecule has 0 aromatic carbocycles. The van der Waals surface area contributed by atoms with Crippen molar-refractivity contribution in [3.63, 3.8) is 0 Å². The molecule has 0 amide bonds. The highest BCUT2D eigenvalue weighted by Crippen LogP contribution is 2.16. The van der Waals surface area contributed by atoms with E-state index in [1.54, 1.807) is 12.4 Å². The van der Waals surface area contributed by atoms with Gasteiger partial charge >= 0.3 is 0 Å². The Labute approximate surface area is 73.6 Å². The lowest BCUT2D eigenvalue weighted by molar-refractivity contribution is 0.198. The van der Waals surface area contributed by atoms with E-state index in [1.165, 1.54) is 0 Å². The van der Waals surface area contributed by atoms with Crippen LogP contribution in [0.3, 0.4) is 0 Å². The topological polar surface area (TPSA) is 22.1 Å². The van der Waals surface area contributed by atoms with Gasteiger partial charge in [0.25, 0.3) is 0 Å². The molecule has 1 aromatic heterocycles. The predicted octanol–water partition coefficient (Wildman–Crippen LogP) is 2.51. The second-order valence-corrected chi connectivity index (χ2v) is 4.03. The van der Waals surface area contributed by atoms with Crippen molar-refractivity contribution in [2.24, 2.45) is 5.41 Å². The molecule has 1 rings (SSSR count). The van der Waals surface area contributed by atoms with Crippen molar-refractivity contribution in [2.45, 2.75) is 20.8 Å². The summed E-state index contributed by atoms with van der Waals surface area (Å²) in [5.74, 6) is 0.889. The number of hydrogen-bond donors (Lipinski definition) is 0. The molecule has 0 spiro atoms. The number of aromatic nitrogens is 1. The third-order valence-corrected chi connectivity index (χ3v) is 1.32. The van der Waals surface area contributed by atoms with Crippen molar-refractivity contribution < 1.29 is 4.74 Å². The molecule has 0 aliphatic heterocycles. The number of rotatable bonds is 2. The molecular weight excluding hydrogens is 150 g/mol. The molecule has 0 saturated carbocycles. The van der Waals surface area contributed by atoms with E-state index < -0.39 is 0 Å². The average Bonchev–Trinajstić information content (AvgIpc) is 2.02. The highest BCUT2D eigenvalue weighted by Gasteiger charge is 2.10. The SMILES string of the molecule is CC(C)(C)COc1ccncc1. The Balaban J connectivity index is 2.44. The quantitative estimate of drug-likeness (QED) is 0.671. The molecule has 12 heavy (non-hydrogen) atoms. The summed E-state index contributed by atoms with van der Waals surface area (Å²) in [7, 11) is 0. The summed E-state index contributed by atoms with van der Waals surface area (Å²) in [4.78, 5) is 3.91. The Morgan fingerprint density at radius 1 is 1.25 bits per heavy atom. The van der Waals surface area contributed by atoms with E-state index in [9.17, 15) is 0 Å². The summed E-state index contributed by atoms with van der Waals surface area (Å²) >= 11 is 0. The smallest absolute Gasteiger partial charge is 0.122 e. The summed E-state index contributed by atoms with van der Waals surface area (Å²) in [6.07, 6.45) is 3.47. The van der Waals surface area contributed by atoms with Crippen LogP contribution < -0.4 is 4.74 Å². The van der Waals surface area contributed by atoms with Gasteiger partial charge in [-0.1, -0.05) is 20.8 Å². The highest BCUT2D eigenvalue weighted by molar-refractivity contribution is 5.16. The lowest BCUT2D eigenvalue weighted by Crippen LogP contribution is -2.16. The fraction of sp³-hybridized carbons (Fsp3) is 0.500. The van der Waals surface area contributed by atoms with Gasteiger partial charge in [-0.3, -0.25) is 4.98 Å². The first-order valence-corrected chi connectivity index (χ1v) is 4.11. The van der Waals surface area contributed by atoms with Gasteiger partial charge in [-0.25, -0.2) is 0 Å². The first-order valence-electron chi connectivity index (χ1n) is 4.11. The first kappa shape index (κ1) is 9.04. The Hall–Kier alpha value is -1.05. The van der Waals surface area contributed by atoms with Crippen LogP contribution in [0, 0.1) is 5.41 Å². The van der Waals surface area contributed by atoms with Gasteiger partial charge in [-0.15, -0.1) is 0 Å². The molecule has 0 N–H and O–H groups in total. The fourth-order valence-electron chi connectivity index (χ4n) is 0.734. The monoisotopic (exact) mass is 165 g/mol. The summed E-state index contributed by atoms with van der Waals surface area (Å²) in [6.45, 7) is 7.17. The molecule has 0 atom stereocenters. The molecule has 0 radical (unpaired) electrons. The van der Waals surface area contributed by atoms with Crippen molar-refractivity contribution in [1.29, 1.82) is 0 Å². The number of hydrogen-bond acceptors (Lipinski definition) is 2. The van der Waals surface area contributed by atoms with Gasteiger partial charge in [0.15, 0.2) is 0 Å². The number of pyridine rings is 1. The maximum atomic E-state index is 5.53. The second-order valence-electron chi connectivity index (χ2n) is 4.03. The second kappa shape index (κ2) is 3.57. The molecule has 66 valence electrons. The molecule has 0 bridgehead atoms. The largest absolute Gasteiger partial charge is 0.493 e. The molecule has 1 aromatic rings. The van der Waals surface area contributed by atoms with E-state index in [2.05, 4.69) is 25.8 Å². The zero-order valence-electron chi connectivity index (χ0n) is 7.87. The maximum Gasteiger partial charge on any atom is 0.122 e. The van der Waals surface area contributed by atoms with Crippen LogP contribution in [0.25, 0.3) is 0 Å². The molecule has 1 heterocycles. The lowest BCUT2D eigenvalue weighted by atomic mass is 9.99. The summed E-state index contributed by atoms with van der Waals surface area (Å²) < 4.78 is 5.53. The standard InChI is InChI=1S/C10H15NO/c1-10(2,3)8-12-9-4-6-11-7-5-9/h4-7H,8H2,1-3H3. The Morgan fingerprint density at radius 3 is 2.33 bits per heavy atom. The van der Waals surface area contributed by atoms with Crippen LogP contribution in [0.4, 0.5) is 0 Å². The molecule has 0 fully saturated rings. The summed E-state index contributed by atoms with van der Waals surface area (Å²) in [5.41, 5.74) is 0.212. The molecule has 0 unspecified atom stereocenters. The maximum absolute atomic E-state index is 5.53. The van der Waals surface area contributed by atoms with Gasteiger partial charge in [-0.2, -0.15) is 0 Å². The van der Waals surface area contributed by atoms with Crippen molar-refractivity contribution in [3.8, 4) is 5.75 Å². The Kier molecular flexibility index (Phi) is 2.69. The first-order chi connectivity index (χ1) is 5.58. The van der Waals surface area contributed by atoms with Crippen LogP contribution in [0.1, 0.15) is 20.8 Å². The zero-order valence-corrected chi connectivity index (χ0v) is 7.87. The van der Waals surface area contributed by atoms with Gasteiger partial charge in [0.1, 0.15) is 5.75 Å². The van der Waals surface area contributed by atoms with Crippen LogP contribution in [-0.4, -0.2) is 11.6 Å². The minimum atomic E-state index is 0.212. The third kappa shape index (κ3) is 3.37. The summed E-state index contributed by atoms with van der Waals surface area (Å²) in [6, 6.07) is 3.73. The van der Waals surface area contributed by atoms with Crippen LogP contribution >= 0.6 is 0 Å². The van der Waals surface area contributed by atoms with E-state index >= 15 is 0 Å². The third-order valence-electron chi connectivity index (χ3n) is 1.32. The minimum Gasteiger partial charge on any atom is -0.493 e. The number of nitrogens with zero attached hydrogens (tertiary/aromatic N) is 1. The molecule has 2 heteroatoms. The predicted molar refractivity (Wildman–Crippen MR) is 49.2 cm³/mol. The molecule has 0 aliphatic rings. The van der Waals surface area contributed by atoms with Gasteiger partial charge < -0.3 is 4.74 Å². The van der Waals surface area contributed by atoms with E-state index in [4.69, 9.17) is 4.74 Å². The highest BCUT2D eigenvalue weighted by atomic mass is 16.5. The van der Waals surface area contributed by atoms with Crippen molar-refractivity contribution in [2.75, 3.05) is 6.61 Å². The van der Waals surface area contributed by atoms with Crippen molar-refractivity contribution >= 4 is 0 Å². The van der Waals surface area contributed by atoms with Crippen molar-refractivity contribution in [3.05, 3.63) is 24.5 Å². The molecule has 2 nitrogen and oxygen atoms in total. The van der Waals surface area contributed by atoms with Gasteiger partial charge in [0, 0.05) is 12.4 Å². The minimum absolute atomic E-state index is 0.212. The van der Waals surface area contributed by atoms with E-state index in [0.29, 0.717) is 0 Å². The van der Waals surface area contributed by atoms with Crippen LogP contribution in [0.15, 0.2) is 24.5 Å². The van der Waals surface area contributed by atoms with E-state index in [0.717, 1.165) is 12.4 Å². The summed E-state index contributed by atoms with van der Waals surface area (Å²) in [5, 5.41) is 0. The average molecular weight is 165 g/mol. The normalized spacial score (nSPS) is 11.2. The van der Waals surface area contributed by atoms with Crippen LogP contribution in [0.5, 0.6) is 5.75 Å². The zero-order chi connectivity index (χ0) is 9.03. The molecule has 0 saturated heterocycles. The van der Waals surface area contributed by atoms with Gasteiger partial charge in [-0.05, 0) is 17.5 Å². The molecule has 0 aliphatic carbocycles. The number of ether oxygens (including phenoxy) is 1. The van der Waals surface area contributed by atoms with E-state index in [1.807, 2.05) is 12.1 Å². The van der Waals surface area contributed by atoms with Crippen LogP contribution in [0.2, 0.25) is 0 Å².